The minimum Gasteiger partial charge on any atom is -0.367 e. The van der Waals surface area contributed by atoms with Gasteiger partial charge in [0.1, 0.15) is 0 Å². The van der Waals surface area contributed by atoms with E-state index < -0.39 is 0 Å². The van der Waals surface area contributed by atoms with Gasteiger partial charge in [-0.2, -0.15) is 0 Å². The van der Waals surface area contributed by atoms with Gasteiger partial charge < -0.3 is 10.6 Å². The number of rotatable bonds is 3. The fraction of sp³-hybridized carbons (Fsp3) is 0.571. The first-order chi connectivity index (χ1) is 7.72. The Bertz CT molecular complexity index is 348. The molecule has 1 aromatic carbocycles. The van der Waals surface area contributed by atoms with Crippen LogP contribution in [0.3, 0.4) is 0 Å². The molecular formula is C14H22N2. The van der Waals surface area contributed by atoms with E-state index in [4.69, 9.17) is 5.73 Å². The molecule has 88 valence electrons. The van der Waals surface area contributed by atoms with Gasteiger partial charge in [-0.15, -0.1) is 0 Å². The van der Waals surface area contributed by atoms with Crippen LogP contribution >= 0.6 is 0 Å². The fourth-order valence-electron chi connectivity index (χ4n) is 2.65. The van der Waals surface area contributed by atoms with Crippen molar-refractivity contribution in [1.29, 1.82) is 0 Å². The zero-order valence-corrected chi connectivity index (χ0v) is 10.3. The van der Waals surface area contributed by atoms with E-state index in [1.165, 1.54) is 24.1 Å². The second-order valence-corrected chi connectivity index (χ2v) is 4.88. The van der Waals surface area contributed by atoms with E-state index in [-0.39, 0.29) is 6.04 Å². The van der Waals surface area contributed by atoms with Crippen LogP contribution in [-0.2, 0) is 6.42 Å². The Kier molecular flexibility index (Phi) is 3.49. The van der Waals surface area contributed by atoms with Crippen LogP contribution in [0, 0.1) is 0 Å². The van der Waals surface area contributed by atoms with Crippen LogP contribution in [0.25, 0.3) is 0 Å². The first-order valence-corrected chi connectivity index (χ1v) is 6.32. The maximum atomic E-state index is 6.13. The number of hydrogen-bond donors (Lipinski definition) is 1. The van der Waals surface area contributed by atoms with Gasteiger partial charge in [0.05, 0.1) is 0 Å². The average molecular weight is 218 g/mol. The van der Waals surface area contributed by atoms with Crippen LogP contribution in [0.4, 0.5) is 5.69 Å². The minimum atomic E-state index is 0.286. The summed E-state index contributed by atoms with van der Waals surface area (Å²) < 4.78 is 0. The van der Waals surface area contributed by atoms with Crippen LogP contribution < -0.4 is 10.6 Å². The first kappa shape index (κ1) is 11.5. The van der Waals surface area contributed by atoms with Crippen LogP contribution in [0.1, 0.15) is 32.3 Å². The summed E-state index contributed by atoms with van der Waals surface area (Å²) in [5.74, 6) is 0. The van der Waals surface area contributed by atoms with Gasteiger partial charge in [0, 0.05) is 24.3 Å². The number of para-hydroxylation sites is 1. The molecule has 2 heteroatoms. The maximum Gasteiger partial charge on any atom is 0.0402 e. The standard InChI is InChI=1S/C14H22N2/c1-3-6-11(2)16-10-13(15)9-12-7-4-5-8-14(12)16/h4-5,7-8,11,13H,3,6,9-10,15H2,1-2H3. The number of nitrogens with zero attached hydrogens (tertiary/aromatic N) is 1. The molecule has 0 amide bonds. The molecule has 2 N–H and O–H groups in total. The number of benzene rings is 1. The summed E-state index contributed by atoms with van der Waals surface area (Å²) in [6.07, 6.45) is 3.49. The number of hydrogen-bond acceptors (Lipinski definition) is 2. The lowest BCUT2D eigenvalue weighted by Crippen LogP contribution is -2.47. The molecule has 2 nitrogen and oxygen atoms in total. The lowest BCUT2D eigenvalue weighted by Gasteiger charge is -2.39. The van der Waals surface area contributed by atoms with Crippen molar-refractivity contribution >= 4 is 5.69 Å². The molecule has 2 rings (SSSR count). The summed E-state index contributed by atoms with van der Waals surface area (Å²) in [7, 11) is 0. The molecule has 0 aromatic heterocycles. The van der Waals surface area contributed by atoms with Crippen molar-refractivity contribution in [2.75, 3.05) is 11.4 Å². The molecule has 0 radical (unpaired) electrons. The van der Waals surface area contributed by atoms with Gasteiger partial charge in [-0.3, -0.25) is 0 Å². The summed E-state index contributed by atoms with van der Waals surface area (Å²) in [4.78, 5) is 2.48. The summed E-state index contributed by atoms with van der Waals surface area (Å²) >= 11 is 0. The van der Waals surface area contributed by atoms with Gasteiger partial charge in [0.15, 0.2) is 0 Å². The molecule has 1 aliphatic rings. The van der Waals surface area contributed by atoms with Crippen molar-refractivity contribution in [2.45, 2.75) is 45.2 Å². The Morgan fingerprint density at radius 1 is 1.44 bits per heavy atom. The van der Waals surface area contributed by atoms with E-state index in [0.29, 0.717) is 6.04 Å². The van der Waals surface area contributed by atoms with E-state index in [1.54, 1.807) is 0 Å². The molecule has 1 aromatic rings. The van der Waals surface area contributed by atoms with Gasteiger partial charge in [-0.25, -0.2) is 0 Å². The van der Waals surface area contributed by atoms with Gasteiger partial charge in [0.2, 0.25) is 0 Å². The van der Waals surface area contributed by atoms with E-state index in [0.717, 1.165) is 13.0 Å². The Labute approximate surface area is 98.4 Å². The predicted molar refractivity (Wildman–Crippen MR) is 69.8 cm³/mol. The van der Waals surface area contributed by atoms with Gasteiger partial charge in [-0.05, 0) is 31.4 Å². The molecule has 0 saturated carbocycles. The highest BCUT2D eigenvalue weighted by Gasteiger charge is 2.24. The van der Waals surface area contributed by atoms with Crippen LogP contribution in [0.15, 0.2) is 24.3 Å². The van der Waals surface area contributed by atoms with Gasteiger partial charge in [0.25, 0.3) is 0 Å². The number of anilines is 1. The van der Waals surface area contributed by atoms with Crippen molar-refractivity contribution < 1.29 is 0 Å². The minimum absolute atomic E-state index is 0.286. The second-order valence-electron chi connectivity index (χ2n) is 4.88. The Morgan fingerprint density at radius 2 is 2.19 bits per heavy atom. The van der Waals surface area contributed by atoms with Crippen molar-refractivity contribution in [3.8, 4) is 0 Å². The molecule has 1 aliphatic heterocycles. The molecular weight excluding hydrogens is 196 g/mol. The van der Waals surface area contributed by atoms with Gasteiger partial charge in [-0.1, -0.05) is 31.5 Å². The van der Waals surface area contributed by atoms with Crippen molar-refractivity contribution in [1.82, 2.24) is 0 Å². The Balaban J connectivity index is 2.26. The number of nitrogens with two attached hydrogens (primary N) is 1. The lowest BCUT2D eigenvalue weighted by atomic mass is 9.96. The highest BCUT2D eigenvalue weighted by atomic mass is 15.2. The molecule has 0 spiro atoms. The predicted octanol–water partition coefficient (Wildman–Crippen LogP) is 2.57. The van der Waals surface area contributed by atoms with E-state index >= 15 is 0 Å². The molecule has 0 fully saturated rings. The molecule has 0 aliphatic carbocycles. The normalized spacial score (nSPS) is 21.7. The van der Waals surface area contributed by atoms with E-state index in [1.807, 2.05) is 0 Å². The largest absolute Gasteiger partial charge is 0.367 e. The third-order valence-corrected chi connectivity index (χ3v) is 3.45. The van der Waals surface area contributed by atoms with Gasteiger partial charge >= 0.3 is 0 Å². The Morgan fingerprint density at radius 3 is 2.94 bits per heavy atom. The first-order valence-electron chi connectivity index (χ1n) is 6.32. The van der Waals surface area contributed by atoms with Crippen molar-refractivity contribution in [2.24, 2.45) is 5.73 Å². The second kappa shape index (κ2) is 4.88. The smallest absolute Gasteiger partial charge is 0.0402 e. The molecule has 2 unspecified atom stereocenters. The highest BCUT2D eigenvalue weighted by molar-refractivity contribution is 5.56. The van der Waals surface area contributed by atoms with Crippen molar-refractivity contribution in [3.05, 3.63) is 29.8 Å². The highest BCUT2D eigenvalue weighted by Crippen LogP contribution is 2.28. The SMILES string of the molecule is CCCC(C)N1CC(N)Cc2ccccc21. The fourth-order valence-corrected chi connectivity index (χ4v) is 2.65. The molecule has 0 bridgehead atoms. The topological polar surface area (TPSA) is 29.3 Å². The average Bonchev–Trinajstić information content (AvgIpc) is 2.28. The molecule has 0 saturated heterocycles. The summed E-state index contributed by atoms with van der Waals surface area (Å²) in [6, 6.07) is 9.56. The van der Waals surface area contributed by atoms with E-state index in [2.05, 4.69) is 43.0 Å². The van der Waals surface area contributed by atoms with Crippen LogP contribution in [0.2, 0.25) is 0 Å². The quantitative estimate of drug-likeness (QED) is 0.845. The van der Waals surface area contributed by atoms with Crippen LogP contribution in [0.5, 0.6) is 0 Å². The maximum absolute atomic E-state index is 6.13. The third-order valence-electron chi connectivity index (χ3n) is 3.45. The Hall–Kier alpha value is -1.02. The zero-order chi connectivity index (χ0) is 11.5. The van der Waals surface area contributed by atoms with Crippen LogP contribution in [-0.4, -0.2) is 18.6 Å². The zero-order valence-electron chi connectivity index (χ0n) is 10.3. The monoisotopic (exact) mass is 218 g/mol. The third kappa shape index (κ3) is 2.22. The lowest BCUT2D eigenvalue weighted by molar-refractivity contribution is 0.518. The summed E-state index contributed by atoms with van der Waals surface area (Å²) in [5, 5.41) is 0. The molecule has 1 heterocycles. The molecule has 2 atom stereocenters. The summed E-state index contributed by atoms with van der Waals surface area (Å²) in [5.41, 5.74) is 8.93. The molecule has 16 heavy (non-hydrogen) atoms. The summed E-state index contributed by atoms with van der Waals surface area (Å²) in [6.45, 7) is 5.54. The number of fused-ring (bicyclic) bond motifs is 1. The van der Waals surface area contributed by atoms with Crippen molar-refractivity contribution in [3.63, 3.8) is 0 Å². The van der Waals surface area contributed by atoms with E-state index in [9.17, 15) is 0 Å².